The highest BCUT2D eigenvalue weighted by molar-refractivity contribution is 5.88. The average Bonchev–Trinajstić information content (AvgIpc) is 2.35. The highest BCUT2D eigenvalue weighted by Gasteiger charge is 2.01. The summed E-state index contributed by atoms with van der Waals surface area (Å²) in [6, 6.07) is 6.10. The van der Waals surface area contributed by atoms with Crippen LogP contribution < -0.4 is 5.43 Å². The smallest absolute Gasteiger partial charge is 0.335 e. The molecule has 0 saturated heterocycles. The summed E-state index contributed by atoms with van der Waals surface area (Å²) in [5, 5.41) is 12.5. The molecule has 0 bridgehead atoms. The zero-order valence-electron chi connectivity index (χ0n) is 9.92. The van der Waals surface area contributed by atoms with E-state index in [2.05, 4.69) is 10.5 Å². The molecular formula is C12H14N2O4. The molecule has 6 heteroatoms. The van der Waals surface area contributed by atoms with Gasteiger partial charge in [-0.05, 0) is 31.2 Å². The molecule has 6 nitrogen and oxygen atoms in total. The number of ether oxygens (including phenoxy) is 1. The van der Waals surface area contributed by atoms with Crippen molar-refractivity contribution in [3.05, 3.63) is 29.8 Å². The fraction of sp³-hybridized carbons (Fsp3) is 0.250. The fourth-order valence-corrected chi connectivity index (χ4v) is 1.15. The van der Waals surface area contributed by atoms with E-state index in [-0.39, 0.29) is 18.0 Å². The van der Waals surface area contributed by atoms with E-state index in [1.54, 1.807) is 19.1 Å². The van der Waals surface area contributed by atoms with E-state index in [4.69, 9.17) is 9.84 Å². The Kier molecular flexibility index (Phi) is 5.37. The molecule has 0 fully saturated rings. The first-order chi connectivity index (χ1) is 8.63. The molecule has 2 N–H and O–H groups in total. The first kappa shape index (κ1) is 13.7. The second-order valence-corrected chi connectivity index (χ2v) is 3.32. The molecule has 18 heavy (non-hydrogen) atoms. The van der Waals surface area contributed by atoms with Crippen molar-refractivity contribution in [3.63, 3.8) is 0 Å². The maximum atomic E-state index is 11.0. The zero-order chi connectivity index (χ0) is 13.4. The Hall–Kier alpha value is -2.37. The predicted octanol–water partition coefficient (Wildman–Crippen LogP) is 1.74. The van der Waals surface area contributed by atoms with E-state index in [1.807, 2.05) is 0 Å². The molecule has 0 aliphatic rings. The summed E-state index contributed by atoms with van der Waals surface area (Å²) < 4.78 is 4.71. The van der Waals surface area contributed by atoms with Crippen molar-refractivity contribution in [1.29, 1.82) is 0 Å². The normalized spacial score (nSPS) is 10.3. The van der Waals surface area contributed by atoms with Crippen LogP contribution in [-0.4, -0.2) is 29.9 Å². The summed E-state index contributed by atoms with van der Waals surface area (Å²) in [5.41, 5.74) is 3.52. The zero-order valence-corrected chi connectivity index (χ0v) is 9.92. The van der Waals surface area contributed by atoms with Crippen molar-refractivity contribution in [2.75, 3.05) is 12.0 Å². The number of nitrogens with one attached hydrogen (secondary N) is 1. The van der Waals surface area contributed by atoms with Crippen LogP contribution >= 0.6 is 0 Å². The maximum Gasteiger partial charge on any atom is 0.335 e. The van der Waals surface area contributed by atoms with E-state index in [0.717, 1.165) is 0 Å². The first-order valence-electron chi connectivity index (χ1n) is 5.40. The number of anilines is 1. The van der Waals surface area contributed by atoms with Gasteiger partial charge in [-0.25, -0.2) is 4.79 Å². The Morgan fingerprint density at radius 3 is 2.61 bits per heavy atom. The number of hydrazone groups is 1. The summed E-state index contributed by atoms with van der Waals surface area (Å²) in [4.78, 5) is 21.6. The van der Waals surface area contributed by atoms with Crippen LogP contribution in [-0.2, 0) is 9.53 Å². The molecule has 1 aromatic carbocycles. The Balaban J connectivity index is 2.41. The standard InChI is InChI=1S/C12H14N2O4/c1-2-18-11(15)7-8-13-14-10-5-3-9(4-6-10)12(16)17/h3-6,8,14H,2,7H2,1H3,(H,16,17)/b13-8+. The number of hydrogen-bond donors (Lipinski definition) is 2. The van der Waals surface area contributed by atoms with Crippen LogP contribution in [0.25, 0.3) is 0 Å². The van der Waals surface area contributed by atoms with E-state index in [0.29, 0.717) is 12.3 Å². The minimum atomic E-state index is -0.979. The first-order valence-corrected chi connectivity index (χ1v) is 5.40. The van der Waals surface area contributed by atoms with Gasteiger partial charge in [0.05, 0.1) is 24.3 Å². The van der Waals surface area contributed by atoms with E-state index in [1.165, 1.54) is 18.3 Å². The maximum absolute atomic E-state index is 11.0. The molecule has 0 unspecified atom stereocenters. The van der Waals surface area contributed by atoms with Crippen molar-refractivity contribution in [3.8, 4) is 0 Å². The summed E-state index contributed by atoms with van der Waals surface area (Å²) in [6.07, 6.45) is 1.48. The molecule has 0 aromatic heterocycles. The van der Waals surface area contributed by atoms with Crippen LogP contribution in [0.5, 0.6) is 0 Å². The van der Waals surface area contributed by atoms with Gasteiger partial charge in [0.2, 0.25) is 0 Å². The SMILES string of the molecule is CCOC(=O)C/C=N/Nc1ccc(C(=O)O)cc1. The number of carbonyl (C=O) groups excluding carboxylic acids is 1. The lowest BCUT2D eigenvalue weighted by Gasteiger charge is -2.00. The number of carboxylic acids is 1. The molecule has 0 atom stereocenters. The third kappa shape index (κ3) is 4.65. The third-order valence-corrected chi connectivity index (χ3v) is 1.98. The minimum absolute atomic E-state index is 0.0913. The largest absolute Gasteiger partial charge is 0.478 e. The number of aromatic carboxylic acids is 1. The summed E-state index contributed by atoms with van der Waals surface area (Å²) in [7, 11) is 0. The van der Waals surface area contributed by atoms with Crippen molar-refractivity contribution >= 4 is 23.8 Å². The van der Waals surface area contributed by atoms with E-state index in [9.17, 15) is 9.59 Å². The van der Waals surface area contributed by atoms with Crippen molar-refractivity contribution in [2.45, 2.75) is 13.3 Å². The van der Waals surface area contributed by atoms with Gasteiger partial charge in [-0.3, -0.25) is 10.2 Å². The van der Waals surface area contributed by atoms with Gasteiger partial charge in [0.1, 0.15) is 0 Å². The lowest BCUT2D eigenvalue weighted by atomic mass is 10.2. The van der Waals surface area contributed by atoms with Crippen molar-refractivity contribution in [1.82, 2.24) is 0 Å². The lowest BCUT2D eigenvalue weighted by Crippen LogP contribution is -2.04. The third-order valence-electron chi connectivity index (χ3n) is 1.98. The molecule has 0 heterocycles. The molecular weight excluding hydrogens is 236 g/mol. The average molecular weight is 250 g/mol. The van der Waals surface area contributed by atoms with Crippen LogP contribution in [0.3, 0.4) is 0 Å². The topological polar surface area (TPSA) is 88.0 Å². The number of nitrogens with zero attached hydrogens (tertiary/aromatic N) is 1. The van der Waals surface area contributed by atoms with Gasteiger partial charge in [0.15, 0.2) is 0 Å². The van der Waals surface area contributed by atoms with Gasteiger partial charge >= 0.3 is 11.9 Å². The Morgan fingerprint density at radius 2 is 2.06 bits per heavy atom. The van der Waals surface area contributed by atoms with Gasteiger partial charge in [-0.15, -0.1) is 0 Å². The quantitative estimate of drug-likeness (QED) is 0.456. The van der Waals surface area contributed by atoms with E-state index >= 15 is 0 Å². The van der Waals surface area contributed by atoms with E-state index < -0.39 is 5.97 Å². The number of carbonyl (C=O) groups is 2. The number of esters is 1. The molecule has 0 spiro atoms. The number of hydrogen-bond acceptors (Lipinski definition) is 5. The number of carboxylic acid groups (broad SMARTS) is 1. The van der Waals surface area contributed by atoms with Gasteiger partial charge in [0, 0.05) is 6.21 Å². The highest BCUT2D eigenvalue weighted by Crippen LogP contribution is 2.09. The summed E-state index contributed by atoms with van der Waals surface area (Å²) in [5.74, 6) is -1.32. The van der Waals surface area contributed by atoms with Gasteiger partial charge in [-0.1, -0.05) is 0 Å². The van der Waals surface area contributed by atoms with Crippen molar-refractivity contribution < 1.29 is 19.4 Å². The molecule has 0 aliphatic heterocycles. The molecule has 96 valence electrons. The molecule has 0 amide bonds. The Labute approximate surface area is 104 Å². The second kappa shape index (κ2) is 7.05. The Bertz CT molecular complexity index is 440. The lowest BCUT2D eigenvalue weighted by molar-refractivity contribution is -0.141. The van der Waals surface area contributed by atoms with Crippen LogP contribution in [0.1, 0.15) is 23.7 Å². The Morgan fingerprint density at radius 1 is 1.39 bits per heavy atom. The monoisotopic (exact) mass is 250 g/mol. The minimum Gasteiger partial charge on any atom is -0.478 e. The van der Waals surface area contributed by atoms with Crippen LogP contribution in [0, 0.1) is 0 Å². The second-order valence-electron chi connectivity index (χ2n) is 3.32. The van der Waals surface area contributed by atoms with Gasteiger partial charge in [0.25, 0.3) is 0 Å². The summed E-state index contributed by atoms with van der Waals surface area (Å²) in [6.45, 7) is 2.08. The van der Waals surface area contributed by atoms with Gasteiger partial charge in [-0.2, -0.15) is 5.10 Å². The highest BCUT2D eigenvalue weighted by atomic mass is 16.5. The van der Waals surface area contributed by atoms with Crippen LogP contribution in [0.4, 0.5) is 5.69 Å². The molecule has 0 aliphatic carbocycles. The molecule has 1 aromatic rings. The number of rotatable bonds is 6. The summed E-state index contributed by atoms with van der Waals surface area (Å²) >= 11 is 0. The fourth-order valence-electron chi connectivity index (χ4n) is 1.15. The molecule has 1 rings (SSSR count). The van der Waals surface area contributed by atoms with Gasteiger partial charge < -0.3 is 9.84 Å². The predicted molar refractivity (Wildman–Crippen MR) is 66.8 cm³/mol. The van der Waals surface area contributed by atoms with Crippen LogP contribution in [0.2, 0.25) is 0 Å². The number of benzene rings is 1. The van der Waals surface area contributed by atoms with Crippen molar-refractivity contribution in [2.24, 2.45) is 5.10 Å². The molecule has 0 radical (unpaired) electrons. The van der Waals surface area contributed by atoms with Crippen LogP contribution in [0.15, 0.2) is 29.4 Å². The molecule has 0 saturated carbocycles.